The standard InChI is InChI=1S/C13H15BrN2OS/c1-9-3-11(14)4-10(5-15-2)13(9)17-7-12-6-16-8-18-12/h3-4,6,8,15H,5,7H2,1-2H3. The Morgan fingerprint density at radius 3 is 2.94 bits per heavy atom. The molecule has 96 valence electrons. The molecule has 0 atom stereocenters. The Labute approximate surface area is 119 Å². The molecule has 0 unspecified atom stereocenters. The summed E-state index contributed by atoms with van der Waals surface area (Å²) < 4.78 is 7.01. The average molecular weight is 327 g/mol. The van der Waals surface area contributed by atoms with Crippen LogP contribution in [-0.4, -0.2) is 12.0 Å². The molecule has 18 heavy (non-hydrogen) atoms. The maximum absolute atomic E-state index is 5.93. The third kappa shape index (κ3) is 3.31. The van der Waals surface area contributed by atoms with E-state index in [0.717, 1.165) is 32.8 Å². The molecule has 0 aliphatic carbocycles. The van der Waals surface area contributed by atoms with Gasteiger partial charge in [-0.1, -0.05) is 15.9 Å². The summed E-state index contributed by atoms with van der Waals surface area (Å²) >= 11 is 5.13. The van der Waals surface area contributed by atoms with Crippen LogP contribution in [0, 0.1) is 6.92 Å². The lowest BCUT2D eigenvalue weighted by Gasteiger charge is -2.14. The van der Waals surface area contributed by atoms with E-state index in [9.17, 15) is 0 Å². The first-order valence-electron chi connectivity index (χ1n) is 5.64. The predicted octanol–water partition coefficient (Wildman–Crippen LogP) is 3.51. The van der Waals surface area contributed by atoms with Crippen molar-refractivity contribution in [3.63, 3.8) is 0 Å². The first kappa shape index (κ1) is 13.5. The molecular formula is C13H15BrN2OS. The largest absolute Gasteiger partial charge is 0.487 e. The fraction of sp³-hybridized carbons (Fsp3) is 0.308. The van der Waals surface area contributed by atoms with Crippen LogP contribution < -0.4 is 10.1 Å². The summed E-state index contributed by atoms with van der Waals surface area (Å²) in [5, 5.41) is 3.16. The highest BCUT2D eigenvalue weighted by Crippen LogP contribution is 2.29. The van der Waals surface area contributed by atoms with E-state index in [1.54, 1.807) is 11.3 Å². The molecule has 0 radical (unpaired) electrons. The first-order chi connectivity index (χ1) is 8.70. The number of benzene rings is 1. The molecule has 0 bridgehead atoms. The Balaban J connectivity index is 2.19. The number of thiazole rings is 1. The smallest absolute Gasteiger partial charge is 0.127 e. The van der Waals surface area contributed by atoms with E-state index in [1.807, 2.05) is 18.8 Å². The van der Waals surface area contributed by atoms with Crippen molar-refractivity contribution >= 4 is 27.3 Å². The van der Waals surface area contributed by atoms with E-state index in [2.05, 4.69) is 45.3 Å². The quantitative estimate of drug-likeness (QED) is 0.912. The molecule has 0 saturated heterocycles. The highest BCUT2D eigenvalue weighted by atomic mass is 79.9. The second kappa shape index (κ2) is 6.31. The number of hydrogen-bond acceptors (Lipinski definition) is 4. The Hall–Kier alpha value is -0.910. The lowest BCUT2D eigenvalue weighted by Crippen LogP contribution is -2.08. The zero-order valence-electron chi connectivity index (χ0n) is 10.4. The van der Waals surface area contributed by atoms with Crippen molar-refractivity contribution < 1.29 is 4.74 Å². The van der Waals surface area contributed by atoms with Gasteiger partial charge in [0.15, 0.2) is 0 Å². The highest BCUT2D eigenvalue weighted by Gasteiger charge is 2.09. The fourth-order valence-corrected chi connectivity index (χ4v) is 2.91. The molecule has 5 heteroatoms. The Kier molecular flexibility index (Phi) is 4.74. The van der Waals surface area contributed by atoms with Crippen LogP contribution in [0.2, 0.25) is 0 Å². The van der Waals surface area contributed by atoms with Gasteiger partial charge in [-0.2, -0.15) is 0 Å². The third-order valence-corrected chi connectivity index (χ3v) is 3.74. The minimum absolute atomic E-state index is 0.573. The van der Waals surface area contributed by atoms with Gasteiger partial charge in [0.25, 0.3) is 0 Å². The molecule has 1 aromatic heterocycles. The van der Waals surface area contributed by atoms with Crippen molar-refractivity contribution in [2.45, 2.75) is 20.1 Å². The summed E-state index contributed by atoms with van der Waals surface area (Å²) in [5.74, 6) is 0.959. The number of aromatic nitrogens is 1. The molecule has 1 N–H and O–H groups in total. The van der Waals surface area contributed by atoms with Gasteiger partial charge in [-0.3, -0.25) is 4.98 Å². The lowest BCUT2D eigenvalue weighted by atomic mass is 10.1. The van der Waals surface area contributed by atoms with Crippen molar-refractivity contribution in [2.24, 2.45) is 0 Å². The van der Waals surface area contributed by atoms with Crippen LogP contribution in [-0.2, 0) is 13.2 Å². The number of hydrogen-bond donors (Lipinski definition) is 1. The molecule has 2 aromatic rings. The Morgan fingerprint density at radius 1 is 1.44 bits per heavy atom. The van der Waals surface area contributed by atoms with Crippen molar-refractivity contribution in [1.29, 1.82) is 0 Å². The third-order valence-electron chi connectivity index (χ3n) is 2.53. The van der Waals surface area contributed by atoms with Crippen LogP contribution in [0.5, 0.6) is 5.75 Å². The van der Waals surface area contributed by atoms with Gasteiger partial charge in [-0.15, -0.1) is 11.3 Å². The normalized spacial score (nSPS) is 10.6. The van der Waals surface area contributed by atoms with E-state index >= 15 is 0 Å². The fourth-order valence-electron chi connectivity index (χ4n) is 1.78. The summed E-state index contributed by atoms with van der Waals surface area (Å²) in [5.41, 5.74) is 4.12. The molecular weight excluding hydrogens is 312 g/mol. The van der Waals surface area contributed by atoms with Crippen molar-refractivity contribution in [2.75, 3.05) is 7.05 Å². The molecule has 1 heterocycles. The summed E-state index contributed by atoms with van der Waals surface area (Å²) in [6, 6.07) is 4.16. The zero-order valence-corrected chi connectivity index (χ0v) is 12.8. The SMILES string of the molecule is CNCc1cc(Br)cc(C)c1OCc1cncs1. The van der Waals surface area contributed by atoms with Gasteiger partial charge in [0.05, 0.1) is 10.4 Å². The van der Waals surface area contributed by atoms with Crippen LogP contribution in [0.1, 0.15) is 16.0 Å². The molecule has 0 aliphatic heterocycles. The lowest BCUT2D eigenvalue weighted by molar-refractivity contribution is 0.303. The minimum Gasteiger partial charge on any atom is -0.487 e. The van der Waals surface area contributed by atoms with Crippen molar-refractivity contribution in [3.05, 3.63) is 44.3 Å². The molecule has 3 nitrogen and oxygen atoms in total. The number of aryl methyl sites for hydroxylation is 1. The highest BCUT2D eigenvalue weighted by molar-refractivity contribution is 9.10. The number of rotatable bonds is 5. The molecule has 0 fully saturated rings. The summed E-state index contributed by atoms with van der Waals surface area (Å²) in [7, 11) is 1.93. The second-order valence-electron chi connectivity index (χ2n) is 4.00. The van der Waals surface area contributed by atoms with Gasteiger partial charge >= 0.3 is 0 Å². The predicted molar refractivity (Wildman–Crippen MR) is 78.1 cm³/mol. The van der Waals surface area contributed by atoms with Crippen molar-refractivity contribution in [1.82, 2.24) is 10.3 Å². The molecule has 1 aromatic carbocycles. The van der Waals surface area contributed by atoms with E-state index in [1.165, 1.54) is 0 Å². The molecule has 2 rings (SSSR count). The van der Waals surface area contributed by atoms with E-state index in [-0.39, 0.29) is 0 Å². The van der Waals surface area contributed by atoms with Crippen LogP contribution in [0.4, 0.5) is 0 Å². The Bertz CT molecular complexity index is 514. The minimum atomic E-state index is 0.573. The summed E-state index contributed by atoms with van der Waals surface area (Å²) in [6.07, 6.45) is 1.84. The van der Waals surface area contributed by atoms with E-state index in [0.29, 0.717) is 6.61 Å². The molecule has 0 amide bonds. The van der Waals surface area contributed by atoms with Gasteiger partial charge in [-0.05, 0) is 31.7 Å². The molecule has 0 saturated carbocycles. The monoisotopic (exact) mass is 326 g/mol. The van der Waals surface area contributed by atoms with E-state index in [4.69, 9.17) is 4.74 Å². The van der Waals surface area contributed by atoms with Gasteiger partial charge in [0.1, 0.15) is 12.4 Å². The zero-order chi connectivity index (χ0) is 13.0. The Morgan fingerprint density at radius 2 is 2.28 bits per heavy atom. The topological polar surface area (TPSA) is 34.1 Å². The number of halogens is 1. The van der Waals surface area contributed by atoms with Gasteiger partial charge < -0.3 is 10.1 Å². The van der Waals surface area contributed by atoms with Crippen molar-refractivity contribution in [3.8, 4) is 5.75 Å². The van der Waals surface area contributed by atoms with E-state index < -0.39 is 0 Å². The number of nitrogens with one attached hydrogen (secondary N) is 1. The van der Waals surface area contributed by atoms with Gasteiger partial charge in [0, 0.05) is 22.8 Å². The average Bonchev–Trinajstić information content (AvgIpc) is 2.81. The number of ether oxygens (including phenoxy) is 1. The van der Waals surface area contributed by atoms with Crippen LogP contribution in [0.25, 0.3) is 0 Å². The van der Waals surface area contributed by atoms with Gasteiger partial charge in [0.2, 0.25) is 0 Å². The van der Waals surface area contributed by atoms with Crippen LogP contribution in [0.3, 0.4) is 0 Å². The summed E-state index contributed by atoms with van der Waals surface area (Å²) in [4.78, 5) is 5.18. The van der Waals surface area contributed by atoms with Crippen LogP contribution in [0.15, 0.2) is 28.3 Å². The number of nitrogens with zero attached hydrogens (tertiary/aromatic N) is 1. The first-order valence-corrected chi connectivity index (χ1v) is 7.31. The van der Waals surface area contributed by atoms with Crippen LogP contribution >= 0.6 is 27.3 Å². The van der Waals surface area contributed by atoms with Gasteiger partial charge in [-0.25, -0.2) is 0 Å². The molecule has 0 spiro atoms. The molecule has 0 aliphatic rings. The summed E-state index contributed by atoms with van der Waals surface area (Å²) in [6.45, 7) is 3.42. The maximum Gasteiger partial charge on any atom is 0.127 e. The second-order valence-corrected chi connectivity index (χ2v) is 5.88. The maximum atomic E-state index is 5.93.